The summed E-state index contributed by atoms with van der Waals surface area (Å²) in [5.74, 6) is -0.0635. The van der Waals surface area contributed by atoms with Gasteiger partial charge in [0.25, 0.3) is 11.6 Å². The summed E-state index contributed by atoms with van der Waals surface area (Å²) in [6.45, 7) is 6.30. The summed E-state index contributed by atoms with van der Waals surface area (Å²) in [6, 6.07) is 11.4. The third-order valence-corrected chi connectivity index (χ3v) is 3.66. The summed E-state index contributed by atoms with van der Waals surface area (Å²) in [5, 5.41) is 13.5. The van der Waals surface area contributed by atoms with Crippen molar-refractivity contribution in [1.29, 1.82) is 0 Å². The van der Waals surface area contributed by atoms with Gasteiger partial charge in [0.05, 0.1) is 23.8 Å². The van der Waals surface area contributed by atoms with E-state index in [1.807, 2.05) is 12.1 Å². The molecule has 2 aromatic rings. The van der Waals surface area contributed by atoms with E-state index >= 15 is 0 Å². The quantitative estimate of drug-likeness (QED) is 0.675. The molecule has 1 N–H and O–H groups in total. The minimum absolute atomic E-state index is 0.0105. The van der Waals surface area contributed by atoms with Crippen molar-refractivity contribution >= 4 is 17.3 Å². The second-order valence-electron chi connectivity index (χ2n) is 6.42. The summed E-state index contributed by atoms with van der Waals surface area (Å²) >= 11 is 0. The van der Waals surface area contributed by atoms with Gasteiger partial charge in [0.2, 0.25) is 0 Å². The number of nitro benzene ring substituents is 1. The van der Waals surface area contributed by atoms with Gasteiger partial charge >= 0.3 is 0 Å². The number of non-ortho nitro benzene ring substituents is 1. The van der Waals surface area contributed by atoms with Crippen LogP contribution in [0.4, 0.5) is 11.4 Å². The van der Waals surface area contributed by atoms with Gasteiger partial charge in [-0.1, -0.05) is 32.9 Å². The van der Waals surface area contributed by atoms with E-state index in [9.17, 15) is 14.9 Å². The molecule has 0 atom stereocenters. The molecule has 0 aliphatic carbocycles. The first kappa shape index (κ1) is 17.5. The van der Waals surface area contributed by atoms with Gasteiger partial charge in [-0.05, 0) is 29.2 Å². The van der Waals surface area contributed by atoms with Crippen LogP contribution in [0.15, 0.2) is 42.5 Å². The molecule has 0 unspecified atom stereocenters. The minimum atomic E-state index is -0.515. The number of rotatable bonds is 4. The van der Waals surface area contributed by atoms with Crippen LogP contribution in [0.1, 0.15) is 36.7 Å². The molecule has 0 radical (unpaired) electrons. The van der Waals surface area contributed by atoms with Crippen LogP contribution in [0.5, 0.6) is 5.75 Å². The number of methoxy groups -OCH3 is 1. The van der Waals surface area contributed by atoms with Gasteiger partial charge in [-0.15, -0.1) is 0 Å². The van der Waals surface area contributed by atoms with Crippen molar-refractivity contribution in [2.24, 2.45) is 0 Å². The first-order valence-corrected chi connectivity index (χ1v) is 7.46. The van der Waals surface area contributed by atoms with E-state index in [0.717, 1.165) is 5.56 Å². The maximum atomic E-state index is 12.4. The number of hydrogen-bond donors (Lipinski definition) is 1. The smallest absolute Gasteiger partial charge is 0.273 e. The lowest BCUT2D eigenvalue weighted by Gasteiger charge is -2.19. The Morgan fingerprint density at radius 1 is 1.12 bits per heavy atom. The van der Waals surface area contributed by atoms with Crippen LogP contribution >= 0.6 is 0 Å². The van der Waals surface area contributed by atoms with Crippen molar-refractivity contribution in [1.82, 2.24) is 0 Å². The summed E-state index contributed by atoms with van der Waals surface area (Å²) < 4.78 is 5.12. The largest absolute Gasteiger partial charge is 0.494 e. The topological polar surface area (TPSA) is 81.5 Å². The number of amides is 1. The van der Waals surface area contributed by atoms with E-state index in [1.165, 1.54) is 25.3 Å². The zero-order valence-corrected chi connectivity index (χ0v) is 14.1. The molecule has 0 aliphatic rings. The van der Waals surface area contributed by atoms with Gasteiger partial charge in [-0.2, -0.15) is 0 Å². The van der Waals surface area contributed by atoms with Gasteiger partial charge in [0, 0.05) is 11.6 Å². The van der Waals surface area contributed by atoms with Gasteiger partial charge in [-0.25, -0.2) is 0 Å². The van der Waals surface area contributed by atoms with Gasteiger partial charge in [-0.3, -0.25) is 14.9 Å². The highest BCUT2D eigenvalue weighted by Crippen LogP contribution is 2.29. The lowest BCUT2D eigenvalue weighted by molar-refractivity contribution is -0.384. The normalized spacial score (nSPS) is 11.0. The highest BCUT2D eigenvalue weighted by Gasteiger charge is 2.16. The molecule has 0 aromatic heterocycles. The molecule has 2 rings (SSSR count). The van der Waals surface area contributed by atoms with Crippen LogP contribution in [0.3, 0.4) is 0 Å². The van der Waals surface area contributed by atoms with Crippen LogP contribution < -0.4 is 10.1 Å². The number of nitrogens with zero attached hydrogens (tertiary/aromatic N) is 1. The zero-order chi connectivity index (χ0) is 17.9. The molecule has 2 aromatic carbocycles. The Hall–Kier alpha value is -2.89. The zero-order valence-electron chi connectivity index (χ0n) is 14.1. The average molecular weight is 328 g/mol. The molecule has 0 saturated heterocycles. The lowest BCUT2D eigenvalue weighted by atomic mass is 9.87. The van der Waals surface area contributed by atoms with Crippen molar-refractivity contribution in [3.8, 4) is 5.75 Å². The molecule has 0 saturated carbocycles. The highest BCUT2D eigenvalue weighted by molar-refractivity contribution is 6.05. The number of benzene rings is 2. The van der Waals surface area contributed by atoms with E-state index in [2.05, 4.69) is 26.1 Å². The maximum absolute atomic E-state index is 12.4. The highest BCUT2D eigenvalue weighted by atomic mass is 16.6. The third kappa shape index (κ3) is 3.90. The molecule has 0 bridgehead atoms. The number of anilines is 1. The molecule has 126 valence electrons. The van der Waals surface area contributed by atoms with E-state index in [0.29, 0.717) is 11.3 Å². The third-order valence-electron chi connectivity index (χ3n) is 3.66. The van der Waals surface area contributed by atoms with Gasteiger partial charge in [0.1, 0.15) is 5.75 Å². The number of nitrogens with one attached hydrogen (secondary N) is 1. The summed E-state index contributed by atoms with van der Waals surface area (Å²) in [7, 11) is 1.40. The van der Waals surface area contributed by atoms with Crippen LogP contribution in [0.2, 0.25) is 0 Å². The number of nitro groups is 1. The summed E-state index contributed by atoms with van der Waals surface area (Å²) in [6.07, 6.45) is 0. The Balaban J connectivity index is 2.22. The van der Waals surface area contributed by atoms with Crippen LogP contribution in [-0.2, 0) is 5.41 Å². The molecular formula is C18H20N2O4. The first-order chi connectivity index (χ1) is 11.2. The van der Waals surface area contributed by atoms with Crippen molar-refractivity contribution in [2.45, 2.75) is 26.2 Å². The Morgan fingerprint density at radius 3 is 2.25 bits per heavy atom. The number of carbonyl (C=O) groups excluding carboxylic acids is 1. The molecule has 0 fully saturated rings. The molecule has 6 heteroatoms. The Morgan fingerprint density at radius 2 is 1.75 bits per heavy atom. The number of carbonyl (C=O) groups is 1. The van der Waals surface area contributed by atoms with E-state index in [4.69, 9.17) is 4.74 Å². The molecule has 0 heterocycles. The molecule has 6 nitrogen and oxygen atoms in total. The monoisotopic (exact) mass is 328 g/mol. The minimum Gasteiger partial charge on any atom is -0.494 e. The van der Waals surface area contributed by atoms with Crippen LogP contribution in [-0.4, -0.2) is 17.9 Å². The fourth-order valence-electron chi connectivity index (χ4n) is 2.21. The van der Waals surface area contributed by atoms with Crippen molar-refractivity contribution < 1.29 is 14.5 Å². The van der Waals surface area contributed by atoms with E-state index < -0.39 is 4.92 Å². The van der Waals surface area contributed by atoms with E-state index in [-0.39, 0.29) is 22.8 Å². The van der Waals surface area contributed by atoms with Crippen molar-refractivity contribution in [3.63, 3.8) is 0 Å². The molecule has 0 spiro atoms. The van der Waals surface area contributed by atoms with Crippen LogP contribution in [0, 0.1) is 10.1 Å². The second-order valence-corrected chi connectivity index (χ2v) is 6.42. The maximum Gasteiger partial charge on any atom is 0.273 e. The Bertz CT molecular complexity index is 762. The second kappa shape index (κ2) is 6.70. The standard InChI is InChI=1S/C18H20N2O4/c1-18(2,3)13-7-5-12(6-8-13)17(21)19-15-10-9-14(20(22)23)11-16(15)24-4/h5-11H,1-4H3,(H,19,21). The molecule has 0 aliphatic heterocycles. The van der Waals surface area contributed by atoms with Crippen molar-refractivity contribution in [2.75, 3.05) is 12.4 Å². The molecule has 1 amide bonds. The Kier molecular flexibility index (Phi) is 4.87. The van der Waals surface area contributed by atoms with Gasteiger partial charge in [0.15, 0.2) is 0 Å². The summed E-state index contributed by atoms with van der Waals surface area (Å²) in [4.78, 5) is 22.6. The summed E-state index contributed by atoms with van der Waals surface area (Å²) in [5.41, 5.74) is 1.93. The average Bonchev–Trinajstić information content (AvgIpc) is 2.54. The van der Waals surface area contributed by atoms with E-state index in [1.54, 1.807) is 12.1 Å². The predicted octanol–water partition coefficient (Wildman–Crippen LogP) is 4.15. The predicted molar refractivity (Wildman–Crippen MR) is 92.7 cm³/mol. The SMILES string of the molecule is COc1cc([N+](=O)[O-])ccc1NC(=O)c1ccc(C(C)(C)C)cc1. The number of ether oxygens (including phenoxy) is 1. The fourth-order valence-corrected chi connectivity index (χ4v) is 2.21. The Labute approximate surface area is 140 Å². The first-order valence-electron chi connectivity index (χ1n) is 7.46. The van der Waals surface area contributed by atoms with Crippen molar-refractivity contribution in [3.05, 3.63) is 63.7 Å². The fraction of sp³-hybridized carbons (Fsp3) is 0.278. The van der Waals surface area contributed by atoms with Gasteiger partial charge < -0.3 is 10.1 Å². The lowest BCUT2D eigenvalue weighted by Crippen LogP contribution is -2.14. The number of hydrogen-bond acceptors (Lipinski definition) is 4. The molecular weight excluding hydrogens is 308 g/mol. The molecule has 24 heavy (non-hydrogen) atoms. The van der Waals surface area contributed by atoms with Crippen LogP contribution in [0.25, 0.3) is 0 Å².